The van der Waals surface area contributed by atoms with Crippen molar-refractivity contribution in [3.63, 3.8) is 0 Å². The lowest BCUT2D eigenvalue weighted by Gasteiger charge is -2.25. The van der Waals surface area contributed by atoms with Crippen molar-refractivity contribution in [2.24, 2.45) is 0 Å². The molecule has 0 aliphatic carbocycles. The fourth-order valence-corrected chi connectivity index (χ4v) is 3.96. The number of anilines is 2. The Bertz CT molecular complexity index is 1280. The minimum atomic E-state index is -1.45. The van der Waals surface area contributed by atoms with Crippen LogP contribution in [0.15, 0.2) is 54.6 Å². The average Bonchev–Trinajstić information content (AvgIpc) is 3.03. The molecule has 2 aromatic rings. The number of rotatable bonds is 11. The molecular weight excluding hydrogens is 512 g/mol. The Balaban J connectivity index is 1.96. The molecule has 2 atom stereocenters. The number of methoxy groups -OCH3 is 1. The molecule has 0 bridgehead atoms. The smallest absolute Gasteiger partial charge is 0.305 e. The maximum atomic E-state index is 13.7. The second-order valence-corrected chi connectivity index (χ2v) is 8.48. The van der Waals surface area contributed by atoms with Crippen LogP contribution in [-0.2, 0) is 33.5 Å². The molecule has 0 saturated carbocycles. The number of fused-ring (bicyclic) bond motifs is 1. The zero-order valence-electron chi connectivity index (χ0n) is 20.9. The predicted molar refractivity (Wildman–Crippen MR) is 136 cm³/mol. The summed E-state index contributed by atoms with van der Waals surface area (Å²) in [6, 6.07) is 11.0. The van der Waals surface area contributed by atoms with Gasteiger partial charge in [-0.1, -0.05) is 42.5 Å². The van der Waals surface area contributed by atoms with Gasteiger partial charge in [-0.3, -0.25) is 33.7 Å². The number of ether oxygens (including phenoxy) is 1. The van der Waals surface area contributed by atoms with Crippen molar-refractivity contribution in [2.75, 3.05) is 36.6 Å². The van der Waals surface area contributed by atoms with Crippen LogP contribution in [0.25, 0.3) is 0 Å². The summed E-state index contributed by atoms with van der Waals surface area (Å²) < 4.78 is 4.95. The molecule has 1 aliphatic rings. The van der Waals surface area contributed by atoms with Crippen LogP contribution in [0.4, 0.5) is 11.4 Å². The van der Waals surface area contributed by atoms with Gasteiger partial charge in [-0.15, -0.1) is 0 Å². The number of carboxylic acid groups (broad SMARTS) is 1. The first kappa shape index (κ1) is 28.7. The minimum Gasteiger partial charge on any atom is -0.481 e. The summed E-state index contributed by atoms with van der Waals surface area (Å²) in [7, 11) is 1.31. The fourth-order valence-electron chi connectivity index (χ4n) is 3.96. The number of hydrogen-bond acceptors (Lipinski definition) is 8. The van der Waals surface area contributed by atoms with Gasteiger partial charge < -0.3 is 30.2 Å². The van der Waals surface area contributed by atoms with Gasteiger partial charge in [0, 0.05) is 12.7 Å². The number of nitrogens with zero attached hydrogens (tertiary/aromatic N) is 2. The van der Waals surface area contributed by atoms with E-state index in [1.165, 1.54) is 36.3 Å². The van der Waals surface area contributed by atoms with Crippen LogP contribution < -0.4 is 20.4 Å². The molecule has 1 aliphatic heterocycles. The maximum Gasteiger partial charge on any atom is 0.305 e. The molecule has 3 rings (SSSR count). The number of carbonyl (C=O) groups excluding carboxylic acids is 6. The van der Waals surface area contributed by atoms with Crippen LogP contribution >= 0.6 is 0 Å². The van der Waals surface area contributed by atoms with E-state index in [-0.39, 0.29) is 36.4 Å². The van der Waals surface area contributed by atoms with Crippen LogP contribution in [0.2, 0.25) is 0 Å². The average molecular weight is 539 g/mol. The number of Topliss-reactive ketones (excluding diaryl/α,β-unsaturated/α-hetero) is 1. The summed E-state index contributed by atoms with van der Waals surface area (Å²) in [4.78, 5) is 89.3. The second kappa shape index (κ2) is 13.1. The SMILES string of the molecule is COCC(=O)N1CC(NC(=O)C(=O)c2ccccc2)C(=O)N(CC(=O)NC(C=O)CC(=O)O)c2ccccc21. The third-order valence-electron chi connectivity index (χ3n) is 5.72. The van der Waals surface area contributed by atoms with Crippen molar-refractivity contribution >= 4 is 53.0 Å². The van der Waals surface area contributed by atoms with Gasteiger partial charge in [0.1, 0.15) is 25.5 Å². The van der Waals surface area contributed by atoms with Crippen molar-refractivity contribution in [1.82, 2.24) is 10.6 Å². The van der Waals surface area contributed by atoms with E-state index in [0.29, 0.717) is 0 Å². The molecule has 2 unspecified atom stereocenters. The van der Waals surface area contributed by atoms with E-state index in [4.69, 9.17) is 9.84 Å². The molecule has 2 aromatic carbocycles. The number of ketones is 1. The van der Waals surface area contributed by atoms with Crippen LogP contribution in [0.1, 0.15) is 16.8 Å². The molecule has 13 nitrogen and oxygen atoms in total. The molecule has 0 aromatic heterocycles. The molecule has 204 valence electrons. The number of carboxylic acids is 1. The third kappa shape index (κ3) is 7.11. The van der Waals surface area contributed by atoms with Crippen molar-refractivity contribution in [3.8, 4) is 0 Å². The van der Waals surface area contributed by atoms with Crippen LogP contribution in [0.5, 0.6) is 0 Å². The molecule has 4 amide bonds. The first-order valence-corrected chi connectivity index (χ1v) is 11.7. The molecule has 0 radical (unpaired) electrons. The van der Waals surface area contributed by atoms with Gasteiger partial charge in [-0.2, -0.15) is 0 Å². The summed E-state index contributed by atoms with van der Waals surface area (Å²) >= 11 is 0. The summed E-state index contributed by atoms with van der Waals surface area (Å²) in [6.07, 6.45) is -0.410. The van der Waals surface area contributed by atoms with Crippen LogP contribution in [-0.4, -0.2) is 85.7 Å². The number of benzene rings is 2. The summed E-state index contributed by atoms with van der Waals surface area (Å²) in [5.74, 6) is -5.57. The molecule has 3 N–H and O–H groups in total. The minimum absolute atomic E-state index is 0.0845. The number of hydrogen-bond donors (Lipinski definition) is 3. The number of nitrogens with one attached hydrogen (secondary N) is 2. The Kier molecular flexibility index (Phi) is 9.59. The van der Waals surface area contributed by atoms with Gasteiger partial charge in [0.05, 0.1) is 30.4 Å². The highest BCUT2D eigenvalue weighted by Gasteiger charge is 2.38. The third-order valence-corrected chi connectivity index (χ3v) is 5.72. The number of carbonyl (C=O) groups is 7. The van der Waals surface area contributed by atoms with Crippen molar-refractivity contribution < 1.29 is 43.4 Å². The predicted octanol–water partition coefficient (Wildman–Crippen LogP) is -0.461. The first-order valence-electron chi connectivity index (χ1n) is 11.7. The van der Waals surface area contributed by atoms with E-state index in [1.807, 2.05) is 0 Å². The van der Waals surface area contributed by atoms with Gasteiger partial charge in [0.15, 0.2) is 0 Å². The van der Waals surface area contributed by atoms with E-state index in [2.05, 4.69) is 10.6 Å². The van der Waals surface area contributed by atoms with Gasteiger partial charge in [-0.25, -0.2) is 0 Å². The highest BCUT2D eigenvalue weighted by Crippen LogP contribution is 2.33. The second-order valence-electron chi connectivity index (χ2n) is 8.48. The topological polar surface area (TPSA) is 179 Å². The zero-order chi connectivity index (χ0) is 28.5. The quantitative estimate of drug-likeness (QED) is 0.194. The van der Waals surface area contributed by atoms with Gasteiger partial charge in [0.25, 0.3) is 17.7 Å². The summed E-state index contributed by atoms with van der Waals surface area (Å²) in [6.45, 7) is -1.41. The van der Waals surface area contributed by atoms with Gasteiger partial charge in [0.2, 0.25) is 11.7 Å². The highest BCUT2D eigenvalue weighted by atomic mass is 16.5. The van der Waals surface area contributed by atoms with Crippen molar-refractivity contribution in [2.45, 2.75) is 18.5 Å². The van der Waals surface area contributed by atoms with Gasteiger partial charge >= 0.3 is 5.97 Å². The molecule has 0 spiro atoms. The lowest BCUT2D eigenvalue weighted by Crippen LogP contribution is -2.56. The normalized spacial score (nSPS) is 15.4. The zero-order valence-corrected chi connectivity index (χ0v) is 20.9. The first-order chi connectivity index (χ1) is 18.7. The van der Waals surface area contributed by atoms with Crippen molar-refractivity contribution in [3.05, 3.63) is 60.2 Å². The Hall–Kier alpha value is -4.91. The van der Waals surface area contributed by atoms with E-state index in [0.717, 1.165) is 4.90 Å². The largest absolute Gasteiger partial charge is 0.481 e. The Morgan fingerprint density at radius 1 is 1.05 bits per heavy atom. The lowest BCUT2D eigenvalue weighted by molar-refractivity contribution is -0.139. The summed E-state index contributed by atoms with van der Waals surface area (Å²) in [5, 5.41) is 13.6. The Morgan fingerprint density at radius 2 is 1.69 bits per heavy atom. The van der Waals surface area contributed by atoms with E-state index in [9.17, 15) is 33.6 Å². The summed E-state index contributed by atoms with van der Waals surface area (Å²) in [5.41, 5.74) is 0.444. The van der Waals surface area contributed by atoms with E-state index < -0.39 is 60.4 Å². The van der Waals surface area contributed by atoms with E-state index >= 15 is 0 Å². The van der Waals surface area contributed by atoms with E-state index in [1.54, 1.807) is 30.3 Å². The number of aliphatic carboxylic acids is 1. The Labute approximate surface area is 222 Å². The molecular formula is C26H26N4O9. The maximum absolute atomic E-state index is 13.7. The molecule has 0 saturated heterocycles. The number of amides is 4. The van der Waals surface area contributed by atoms with Crippen molar-refractivity contribution in [1.29, 1.82) is 0 Å². The van der Waals surface area contributed by atoms with Crippen LogP contribution in [0, 0.1) is 0 Å². The van der Waals surface area contributed by atoms with Gasteiger partial charge in [-0.05, 0) is 12.1 Å². The highest BCUT2D eigenvalue weighted by molar-refractivity contribution is 6.43. The Morgan fingerprint density at radius 3 is 2.31 bits per heavy atom. The number of aldehydes is 1. The molecule has 39 heavy (non-hydrogen) atoms. The van der Waals surface area contributed by atoms with Crippen LogP contribution in [0.3, 0.4) is 0 Å². The standard InChI is InChI=1S/C26H26N4O9/c1-39-15-22(33)29-12-18(28-25(37)24(36)16-7-3-2-4-8-16)26(38)30(20-10-6-5-9-19(20)29)13-21(32)27-17(14-31)11-23(34)35/h2-10,14,17-18H,11-13,15H2,1H3,(H,27,32)(H,28,37)(H,34,35). The molecule has 1 heterocycles. The lowest BCUT2D eigenvalue weighted by atomic mass is 10.1. The molecule has 0 fully saturated rings. The molecule has 13 heteroatoms. The fraction of sp³-hybridized carbons (Fsp3) is 0.269. The monoisotopic (exact) mass is 538 g/mol. The number of para-hydroxylation sites is 2.